The fourth-order valence-electron chi connectivity index (χ4n) is 1.19. The van der Waals surface area contributed by atoms with Gasteiger partial charge in [-0.15, -0.1) is 6.58 Å². The summed E-state index contributed by atoms with van der Waals surface area (Å²) in [5, 5.41) is 13.8. The average Bonchev–Trinajstić information content (AvgIpc) is 2.26. The zero-order valence-corrected chi connectivity index (χ0v) is 8.64. The van der Waals surface area contributed by atoms with Gasteiger partial charge >= 0.3 is 0 Å². The Morgan fingerprint density at radius 3 is 2.87 bits per heavy atom. The first-order valence-corrected chi connectivity index (χ1v) is 4.73. The molecule has 0 aromatic heterocycles. The Kier molecular flexibility index (Phi) is 4.00. The van der Waals surface area contributed by atoms with Gasteiger partial charge in [0.2, 0.25) is 0 Å². The number of rotatable bonds is 5. The lowest BCUT2D eigenvalue weighted by molar-refractivity contribution is -0.385. The van der Waals surface area contributed by atoms with Crippen molar-refractivity contribution in [2.75, 3.05) is 0 Å². The minimum absolute atomic E-state index is 0.143. The van der Waals surface area contributed by atoms with Gasteiger partial charge in [0, 0.05) is 24.2 Å². The predicted octanol–water partition coefficient (Wildman–Crippen LogP) is 2.26. The van der Waals surface area contributed by atoms with Gasteiger partial charge in [-0.3, -0.25) is 10.1 Å². The highest BCUT2D eigenvalue weighted by Crippen LogP contribution is 2.17. The first-order valence-electron chi connectivity index (χ1n) is 4.73. The van der Waals surface area contributed by atoms with Crippen LogP contribution < -0.4 is 5.32 Å². The van der Waals surface area contributed by atoms with Gasteiger partial charge in [-0.25, -0.2) is 0 Å². The fraction of sp³-hybridized carbons (Fsp3) is 0.273. The molecule has 0 aliphatic rings. The molecule has 4 nitrogen and oxygen atoms in total. The molecule has 1 N–H and O–H groups in total. The number of benzene rings is 1. The average molecular weight is 206 g/mol. The smallest absolute Gasteiger partial charge is 0.273 e. The van der Waals surface area contributed by atoms with Crippen LogP contribution >= 0.6 is 0 Å². The van der Waals surface area contributed by atoms with E-state index in [1.54, 1.807) is 24.3 Å². The summed E-state index contributed by atoms with van der Waals surface area (Å²) in [6.45, 7) is 6.06. The zero-order valence-electron chi connectivity index (χ0n) is 8.64. The van der Waals surface area contributed by atoms with Crippen molar-refractivity contribution in [1.29, 1.82) is 0 Å². The molecule has 0 saturated carbocycles. The van der Waals surface area contributed by atoms with Crippen molar-refractivity contribution in [2.24, 2.45) is 0 Å². The van der Waals surface area contributed by atoms with E-state index in [1.165, 1.54) is 6.07 Å². The summed E-state index contributed by atoms with van der Waals surface area (Å²) < 4.78 is 0. The topological polar surface area (TPSA) is 55.2 Å². The molecule has 0 bridgehead atoms. The van der Waals surface area contributed by atoms with Gasteiger partial charge in [-0.2, -0.15) is 0 Å². The summed E-state index contributed by atoms with van der Waals surface area (Å²) in [7, 11) is 0. The van der Waals surface area contributed by atoms with Crippen LogP contribution in [-0.4, -0.2) is 11.0 Å². The minimum Gasteiger partial charge on any atom is -0.306 e. The number of nitro groups is 1. The summed E-state index contributed by atoms with van der Waals surface area (Å²) in [5.41, 5.74) is 0.845. The van der Waals surface area contributed by atoms with E-state index in [9.17, 15) is 10.1 Å². The van der Waals surface area contributed by atoms with Crippen molar-refractivity contribution in [3.8, 4) is 0 Å². The van der Waals surface area contributed by atoms with E-state index in [4.69, 9.17) is 0 Å². The maximum atomic E-state index is 10.7. The number of nitro benzene ring substituents is 1. The fourth-order valence-corrected chi connectivity index (χ4v) is 1.19. The summed E-state index contributed by atoms with van der Waals surface area (Å²) in [6.07, 6.45) is 1.76. The molecule has 0 heterocycles. The predicted molar refractivity (Wildman–Crippen MR) is 59.6 cm³/mol. The van der Waals surface area contributed by atoms with Crippen LogP contribution in [0.2, 0.25) is 0 Å². The summed E-state index contributed by atoms with van der Waals surface area (Å²) in [5.74, 6) is 0. The maximum absolute atomic E-state index is 10.7. The van der Waals surface area contributed by atoms with Crippen LogP contribution in [0.15, 0.2) is 36.9 Å². The van der Waals surface area contributed by atoms with Crippen LogP contribution in [-0.2, 0) is 6.54 Å². The van der Waals surface area contributed by atoms with Crippen LogP contribution in [0, 0.1) is 10.1 Å². The molecule has 0 aliphatic heterocycles. The van der Waals surface area contributed by atoms with Gasteiger partial charge < -0.3 is 5.32 Å². The van der Waals surface area contributed by atoms with Crippen LogP contribution in [0.5, 0.6) is 0 Å². The third-order valence-corrected chi connectivity index (χ3v) is 2.16. The Labute approximate surface area is 88.8 Å². The number of hydrogen-bond donors (Lipinski definition) is 1. The number of nitrogens with zero attached hydrogens (tertiary/aromatic N) is 1. The highest BCUT2D eigenvalue weighted by molar-refractivity contribution is 5.39. The lowest BCUT2D eigenvalue weighted by Gasteiger charge is -2.08. The molecular formula is C11H14N2O2. The van der Waals surface area contributed by atoms with Crippen molar-refractivity contribution >= 4 is 5.69 Å². The Balaban J connectivity index is 2.76. The van der Waals surface area contributed by atoms with E-state index in [0.717, 1.165) is 0 Å². The van der Waals surface area contributed by atoms with Crippen molar-refractivity contribution in [3.63, 3.8) is 0 Å². The molecule has 0 saturated heterocycles. The molecule has 80 valence electrons. The van der Waals surface area contributed by atoms with Gasteiger partial charge in [0.1, 0.15) is 0 Å². The SMILES string of the molecule is C=CC(C)NCc1ccccc1[N+](=O)[O-]. The van der Waals surface area contributed by atoms with Crippen LogP contribution in [0.4, 0.5) is 5.69 Å². The normalized spacial score (nSPS) is 12.1. The second kappa shape index (κ2) is 5.26. The third-order valence-electron chi connectivity index (χ3n) is 2.16. The lowest BCUT2D eigenvalue weighted by atomic mass is 10.1. The standard InChI is InChI=1S/C11H14N2O2/c1-3-9(2)12-8-10-6-4-5-7-11(10)13(14)15/h3-7,9,12H,1,8H2,2H3. The quantitative estimate of drug-likeness (QED) is 0.456. The molecule has 1 aromatic carbocycles. The highest BCUT2D eigenvalue weighted by atomic mass is 16.6. The molecule has 0 radical (unpaired) electrons. The van der Waals surface area contributed by atoms with Crippen molar-refractivity contribution in [2.45, 2.75) is 19.5 Å². The van der Waals surface area contributed by atoms with E-state index in [0.29, 0.717) is 12.1 Å². The van der Waals surface area contributed by atoms with E-state index >= 15 is 0 Å². The van der Waals surface area contributed by atoms with E-state index in [1.807, 2.05) is 6.92 Å². The van der Waals surface area contributed by atoms with Crippen molar-refractivity contribution in [1.82, 2.24) is 5.32 Å². The Bertz CT molecular complexity index is 363. The molecule has 1 aromatic rings. The third kappa shape index (κ3) is 3.18. The lowest BCUT2D eigenvalue weighted by Crippen LogP contribution is -2.23. The van der Waals surface area contributed by atoms with Gasteiger partial charge in [-0.05, 0) is 6.92 Å². The molecule has 1 atom stereocenters. The molecular weight excluding hydrogens is 192 g/mol. The number of hydrogen-bond acceptors (Lipinski definition) is 3. The van der Waals surface area contributed by atoms with Crippen LogP contribution in [0.1, 0.15) is 12.5 Å². The molecule has 15 heavy (non-hydrogen) atoms. The van der Waals surface area contributed by atoms with Crippen LogP contribution in [0.25, 0.3) is 0 Å². The van der Waals surface area contributed by atoms with Crippen molar-refractivity contribution < 1.29 is 4.92 Å². The summed E-state index contributed by atoms with van der Waals surface area (Å²) in [6, 6.07) is 6.86. The molecule has 0 spiro atoms. The largest absolute Gasteiger partial charge is 0.306 e. The van der Waals surface area contributed by atoms with Crippen molar-refractivity contribution in [3.05, 3.63) is 52.6 Å². The van der Waals surface area contributed by atoms with Crippen LogP contribution in [0.3, 0.4) is 0 Å². The molecule has 1 rings (SSSR count). The molecule has 0 aliphatic carbocycles. The van der Waals surface area contributed by atoms with Gasteiger partial charge in [0.25, 0.3) is 5.69 Å². The number of nitrogens with one attached hydrogen (secondary N) is 1. The number of para-hydroxylation sites is 1. The second-order valence-corrected chi connectivity index (χ2v) is 3.29. The van der Waals surface area contributed by atoms with E-state index in [-0.39, 0.29) is 16.7 Å². The first-order chi connectivity index (χ1) is 7.15. The summed E-state index contributed by atoms with van der Waals surface area (Å²) >= 11 is 0. The van der Waals surface area contributed by atoms with Gasteiger partial charge in [0.05, 0.1) is 4.92 Å². The highest BCUT2D eigenvalue weighted by Gasteiger charge is 2.11. The molecule has 0 fully saturated rings. The van der Waals surface area contributed by atoms with E-state index in [2.05, 4.69) is 11.9 Å². The molecule has 1 unspecified atom stereocenters. The maximum Gasteiger partial charge on any atom is 0.273 e. The summed E-state index contributed by atoms with van der Waals surface area (Å²) in [4.78, 5) is 10.3. The second-order valence-electron chi connectivity index (χ2n) is 3.29. The Morgan fingerprint density at radius 2 is 2.27 bits per heavy atom. The van der Waals surface area contributed by atoms with Gasteiger partial charge in [-0.1, -0.05) is 24.3 Å². The molecule has 0 amide bonds. The van der Waals surface area contributed by atoms with Gasteiger partial charge in [0.15, 0.2) is 0 Å². The Morgan fingerprint density at radius 1 is 1.60 bits per heavy atom. The molecule has 4 heteroatoms. The first kappa shape index (κ1) is 11.4. The monoisotopic (exact) mass is 206 g/mol. The van der Waals surface area contributed by atoms with E-state index < -0.39 is 0 Å². The minimum atomic E-state index is -0.365. The zero-order chi connectivity index (χ0) is 11.3. The Hall–Kier alpha value is -1.68.